The summed E-state index contributed by atoms with van der Waals surface area (Å²) in [6.07, 6.45) is 0. The molecule has 34 heavy (non-hydrogen) atoms. The molecule has 0 saturated carbocycles. The molecule has 1 fully saturated rings. The highest BCUT2D eigenvalue weighted by Gasteiger charge is 2.28. The first-order chi connectivity index (χ1) is 16.4. The van der Waals surface area contributed by atoms with Crippen molar-refractivity contribution in [2.45, 2.75) is 13.0 Å². The Kier molecular flexibility index (Phi) is 7.12. The number of benzene rings is 2. The Morgan fingerprint density at radius 3 is 2.53 bits per heavy atom. The summed E-state index contributed by atoms with van der Waals surface area (Å²) < 4.78 is 10.7. The van der Waals surface area contributed by atoms with Crippen LogP contribution in [0.3, 0.4) is 0 Å². The molecule has 0 radical (unpaired) electrons. The molecule has 0 bridgehead atoms. The summed E-state index contributed by atoms with van der Waals surface area (Å²) in [4.78, 5) is 40.7. The van der Waals surface area contributed by atoms with E-state index in [4.69, 9.17) is 9.15 Å². The highest BCUT2D eigenvalue weighted by Crippen LogP contribution is 2.22. The second-order valence-corrected chi connectivity index (χ2v) is 8.15. The molecule has 1 aliphatic heterocycles. The van der Waals surface area contributed by atoms with Crippen LogP contribution in [-0.2, 0) is 9.59 Å². The first-order valence-corrected chi connectivity index (χ1v) is 11.1. The van der Waals surface area contributed by atoms with Gasteiger partial charge in [0.05, 0.1) is 6.61 Å². The molecule has 3 aromatic rings. The summed E-state index contributed by atoms with van der Waals surface area (Å²) in [6.45, 7) is 3.28. The number of aryl methyl sites for hydroxylation is 1. The number of carbonyl (C=O) groups excluding carboxylic acids is 2. The minimum atomic E-state index is -1.04. The number of ether oxygens (including phenoxy) is 1. The van der Waals surface area contributed by atoms with Gasteiger partial charge >= 0.3 is 5.63 Å². The third-order valence-electron chi connectivity index (χ3n) is 5.82. The van der Waals surface area contributed by atoms with Crippen LogP contribution < -0.4 is 20.6 Å². The smallest absolute Gasteiger partial charge is 0.336 e. The van der Waals surface area contributed by atoms with E-state index in [9.17, 15) is 19.5 Å². The fraction of sp³-hybridized carbons (Fsp3) is 0.320. The third-order valence-corrected chi connectivity index (χ3v) is 5.82. The molecular weight excluding hydrogens is 438 g/mol. The monoisotopic (exact) mass is 465 g/mol. The van der Waals surface area contributed by atoms with Gasteiger partial charge in [0.2, 0.25) is 5.91 Å². The van der Waals surface area contributed by atoms with E-state index >= 15 is 0 Å². The summed E-state index contributed by atoms with van der Waals surface area (Å²) in [5.74, 6) is -0.520. The van der Waals surface area contributed by atoms with Crippen molar-refractivity contribution < 1.29 is 23.8 Å². The van der Waals surface area contributed by atoms with Gasteiger partial charge in [0.25, 0.3) is 5.91 Å². The molecule has 9 heteroatoms. The number of rotatable bonds is 7. The highest BCUT2D eigenvalue weighted by atomic mass is 16.5. The third kappa shape index (κ3) is 5.37. The highest BCUT2D eigenvalue weighted by molar-refractivity contribution is 5.88. The van der Waals surface area contributed by atoms with E-state index in [1.54, 1.807) is 24.0 Å². The lowest BCUT2D eigenvalue weighted by atomic mass is 10.1. The van der Waals surface area contributed by atoms with Crippen molar-refractivity contribution in [3.8, 4) is 5.75 Å². The summed E-state index contributed by atoms with van der Waals surface area (Å²) >= 11 is 0. The van der Waals surface area contributed by atoms with Crippen molar-refractivity contribution in [3.63, 3.8) is 0 Å². The number of nitrogens with one attached hydrogen (secondary N) is 1. The van der Waals surface area contributed by atoms with Gasteiger partial charge in [-0.3, -0.25) is 9.59 Å². The molecule has 2 N–H and O–H groups in total. The molecule has 2 aromatic carbocycles. The number of anilines is 1. The van der Waals surface area contributed by atoms with Gasteiger partial charge in [-0.2, -0.15) is 0 Å². The van der Waals surface area contributed by atoms with E-state index in [-0.39, 0.29) is 12.5 Å². The van der Waals surface area contributed by atoms with E-state index in [1.165, 1.54) is 12.1 Å². The minimum Gasteiger partial charge on any atom is -0.484 e. The Balaban J connectivity index is 1.30. The van der Waals surface area contributed by atoms with Gasteiger partial charge in [-0.25, -0.2) is 4.79 Å². The van der Waals surface area contributed by atoms with Crippen LogP contribution in [0.4, 0.5) is 5.69 Å². The lowest BCUT2D eigenvalue weighted by Crippen LogP contribution is -2.56. The molecule has 9 nitrogen and oxygen atoms in total. The van der Waals surface area contributed by atoms with Gasteiger partial charge < -0.3 is 29.4 Å². The number of aliphatic hydroxyl groups is 1. The zero-order valence-corrected chi connectivity index (χ0v) is 18.9. The van der Waals surface area contributed by atoms with Crippen molar-refractivity contribution >= 4 is 28.5 Å². The van der Waals surface area contributed by atoms with Crippen molar-refractivity contribution in [2.75, 3.05) is 44.3 Å². The van der Waals surface area contributed by atoms with Crippen molar-refractivity contribution in [2.24, 2.45) is 0 Å². The van der Waals surface area contributed by atoms with Crippen LogP contribution >= 0.6 is 0 Å². The van der Waals surface area contributed by atoms with Crippen LogP contribution in [0.2, 0.25) is 0 Å². The number of hydrogen-bond acceptors (Lipinski definition) is 7. The first-order valence-electron chi connectivity index (χ1n) is 11.1. The van der Waals surface area contributed by atoms with Gasteiger partial charge in [-0.1, -0.05) is 18.2 Å². The van der Waals surface area contributed by atoms with Crippen LogP contribution in [0.25, 0.3) is 11.0 Å². The van der Waals surface area contributed by atoms with E-state index < -0.39 is 24.2 Å². The first kappa shape index (κ1) is 23.3. The van der Waals surface area contributed by atoms with Crippen LogP contribution in [0.1, 0.15) is 5.56 Å². The Morgan fingerprint density at radius 2 is 1.82 bits per heavy atom. The van der Waals surface area contributed by atoms with E-state index in [0.29, 0.717) is 37.5 Å². The normalized spacial score (nSPS) is 14.6. The number of para-hydroxylation sites is 1. The Labute approximate surface area is 196 Å². The Bertz CT molecular complexity index is 1220. The molecule has 4 rings (SSSR count). The van der Waals surface area contributed by atoms with Crippen molar-refractivity contribution in [3.05, 3.63) is 70.6 Å². The molecule has 1 atom stereocenters. The molecule has 1 aromatic heterocycles. The van der Waals surface area contributed by atoms with Gasteiger partial charge in [0.1, 0.15) is 17.4 Å². The number of hydrogen-bond donors (Lipinski definition) is 2. The Morgan fingerprint density at radius 1 is 1.09 bits per heavy atom. The van der Waals surface area contributed by atoms with Gasteiger partial charge in [-0.15, -0.1) is 0 Å². The van der Waals surface area contributed by atoms with Crippen LogP contribution in [0.15, 0.2) is 63.8 Å². The van der Waals surface area contributed by atoms with E-state index in [0.717, 1.165) is 16.6 Å². The number of aliphatic hydroxyl groups excluding tert-OH is 1. The number of piperazine rings is 1. The number of carbonyl (C=O) groups is 2. The van der Waals surface area contributed by atoms with Crippen molar-refractivity contribution in [1.82, 2.24) is 10.2 Å². The average Bonchev–Trinajstić information content (AvgIpc) is 2.86. The molecule has 178 valence electrons. The van der Waals surface area contributed by atoms with E-state index in [1.807, 2.05) is 30.3 Å². The summed E-state index contributed by atoms with van der Waals surface area (Å²) in [5, 5.41) is 13.0. The van der Waals surface area contributed by atoms with Gasteiger partial charge in [0, 0.05) is 49.4 Å². The molecule has 1 saturated heterocycles. The van der Waals surface area contributed by atoms with Crippen LogP contribution in [0.5, 0.6) is 5.75 Å². The number of fused-ring (bicyclic) bond motifs is 1. The number of amides is 2. The zero-order chi connectivity index (χ0) is 24.1. The number of nitrogens with zero attached hydrogens (tertiary/aromatic N) is 2. The quantitative estimate of drug-likeness (QED) is 0.506. The molecule has 2 amide bonds. The summed E-state index contributed by atoms with van der Waals surface area (Å²) in [5.41, 5.74) is 1.78. The summed E-state index contributed by atoms with van der Waals surface area (Å²) in [6, 6.07) is 15.3. The Hall–Kier alpha value is -3.85. The molecule has 0 aliphatic carbocycles. The second kappa shape index (κ2) is 10.4. The maximum absolute atomic E-state index is 12.8. The van der Waals surface area contributed by atoms with Crippen molar-refractivity contribution in [1.29, 1.82) is 0 Å². The maximum Gasteiger partial charge on any atom is 0.336 e. The van der Waals surface area contributed by atoms with Gasteiger partial charge in [-0.05, 0) is 36.8 Å². The second-order valence-electron chi connectivity index (χ2n) is 8.15. The zero-order valence-electron chi connectivity index (χ0n) is 18.9. The predicted molar refractivity (Wildman–Crippen MR) is 127 cm³/mol. The molecule has 1 aliphatic rings. The predicted octanol–water partition coefficient (Wildman–Crippen LogP) is 1.31. The fourth-order valence-electron chi connectivity index (χ4n) is 4.01. The van der Waals surface area contributed by atoms with E-state index in [2.05, 4.69) is 10.2 Å². The lowest BCUT2D eigenvalue weighted by Gasteiger charge is -2.37. The standard InChI is InChI=1S/C25H27N3O6/c1-17-13-24(31)34-22-14-19(7-8-20(17)22)33-16-23(30)26-21(15-29)25(32)28-11-9-27(10-12-28)18-5-3-2-4-6-18/h2-8,13-14,21,29H,9-12,15-16H2,1H3,(H,26,30)/t21-/m0/s1. The largest absolute Gasteiger partial charge is 0.484 e. The topological polar surface area (TPSA) is 112 Å². The fourth-order valence-corrected chi connectivity index (χ4v) is 4.01. The summed E-state index contributed by atoms with van der Waals surface area (Å²) in [7, 11) is 0. The minimum absolute atomic E-state index is 0.327. The maximum atomic E-state index is 12.8. The SMILES string of the molecule is Cc1cc(=O)oc2cc(OCC(=O)N[C@@H](CO)C(=O)N3CCN(c4ccccc4)CC3)ccc12. The molecule has 0 unspecified atom stereocenters. The van der Waals surface area contributed by atoms with Crippen LogP contribution in [-0.4, -0.2) is 67.3 Å². The lowest BCUT2D eigenvalue weighted by molar-refractivity contribution is -0.138. The average molecular weight is 466 g/mol. The molecule has 2 heterocycles. The molecular formula is C25H27N3O6. The van der Waals surface area contributed by atoms with Gasteiger partial charge in [0.15, 0.2) is 6.61 Å². The molecule has 0 spiro atoms. The van der Waals surface area contributed by atoms with Crippen LogP contribution in [0, 0.1) is 6.92 Å².